The van der Waals surface area contributed by atoms with E-state index in [1.165, 1.54) is 12.5 Å². The summed E-state index contributed by atoms with van der Waals surface area (Å²) in [6.07, 6.45) is 2.80. The van der Waals surface area contributed by atoms with E-state index in [1.54, 1.807) is 0 Å². The maximum absolute atomic E-state index is 10.9. The van der Waals surface area contributed by atoms with Crippen LogP contribution >= 0.6 is 0 Å². The standard InChI is InChI=1S/C11H10N2O/c1-9-7-13(14)8-12-11(9)10-5-3-2-4-6-10/h2-8H,1H3. The zero-order valence-electron chi connectivity index (χ0n) is 7.84. The van der Waals surface area contributed by atoms with E-state index in [0.717, 1.165) is 16.8 Å². The number of nitrogens with zero attached hydrogens (tertiary/aromatic N) is 2. The van der Waals surface area contributed by atoms with Gasteiger partial charge < -0.3 is 5.21 Å². The molecule has 0 radical (unpaired) electrons. The van der Waals surface area contributed by atoms with Crippen molar-refractivity contribution >= 4 is 0 Å². The molecule has 0 aliphatic heterocycles. The van der Waals surface area contributed by atoms with Crippen LogP contribution in [0.1, 0.15) is 5.56 Å². The molecule has 0 bridgehead atoms. The van der Waals surface area contributed by atoms with E-state index in [1.807, 2.05) is 37.3 Å². The van der Waals surface area contributed by atoms with Gasteiger partial charge in [0.1, 0.15) is 6.20 Å². The van der Waals surface area contributed by atoms with Crippen molar-refractivity contribution in [1.29, 1.82) is 0 Å². The SMILES string of the molecule is Cc1c[n+]([O-])cnc1-c1ccccc1. The molecule has 3 nitrogen and oxygen atoms in total. The minimum atomic E-state index is 0.710. The summed E-state index contributed by atoms with van der Waals surface area (Å²) in [5.74, 6) is 0. The van der Waals surface area contributed by atoms with E-state index in [9.17, 15) is 5.21 Å². The molecule has 0 aliphatic rings. The highest BCUT2D eigenvalue weighted by molar-refractivity contribution is 5.61. The van der Waals surface area contributed by atoms with Crippen LogP contribution in [0, 0.1) is 12.1 Å². The monoisotopic (exact) mass is 186 g/mol. The molecule has 1 heterocycles. The van der Waals surface area contributed by atoms with Gasteiger partial charge >= 0.3 is 0 Å². The van der Waals surface area contributed by atoms with Crippen molar-refractivity contribution in [2.24, 2.45) is 0 Å². The summed E-state index contributed by atoms with van der Waals surface area (Å²) < 4.78 is 0.710. The van der Waals surface area contributed by atoms with Crippen LogP contribution in [0.3, 0.4) is 0 Å². The maximum atomic E-state index is 10.9. The summed E-state index contributed by atoms with van der Waals surface area (Å²) >= 11 is 0. The highest BCUT2D eigenvalue weighted by atomic mass is 16.5. The number of hydrogen-bond donors (Lipinski definition) is 0. The fourth-order valence-electron chi connectivity index (χ4n) is 1.40. The van der Waals surface area contributed by atoms with Gasteiger partial charge in [-0.25, -0.2) is 4.73 Å². The molecular formula is C11H10N2O. The van der Waals surface area contributed by atoms with Crippen LogP contribution in [0.4, 0.5) is 0 Å². The minimum absolute atomic E-state index is 0.710. The molecule has 3 heteroatoms. The Morgan fingerprint density at radius 2 is 1.93 bits per heavy atom. The summed E-state index contributed by atoms with van der Waals surface area (Å²) in [5.41, 5.74) is 2.78. The van der Waals surface area contributed by atoms with Gasteiger partial charge in [-0.05, 0) is 11.9 Å². The molecule has 0 aliphatic carbocycles. The summed E-state index contributed by atoms with van der Waals surface area (Å²) in [7, 11) is 0. The van der Waals surface area contributed by atoms with Crippen molar-refractivity contribution in [2.45, 2.75) is 6.92 Å². The number of benzene rings is 1. The van der Waals surface area contributed by atoms with Crippen molar-refractivity contribution < 1.29 is 4.73 Å². The van der Waals surface area contributed by atoms with Crippen LogP contribution in [0.15, 0.2) is 42.9 Å². The number of hydrogen-bond acceptors (Lipinski definition) is 2. The van der Waals surface area contributed by atoms with Gasteiger partial charge in [0, 0.05) is 11.1 Å². The Morgan fingerprint density at radius 3 is 2.57 bits per heavy atom. The van der Waals surface area contributed by atoms with E-state index < -0.39 is 0 Å². The van der Waals surface area contributed by atoms with Crippen LogP contribution in [-0.2, 0) is 0 Å². The molecule has 14 heavy (non-hydrogen) atoms. The molecule has 0 spiro atoms. The Morgan fingerprint density at radius 1 is 1.21 bits per heavy atom. The normalized spacial score (nSPS) is 10.1. The van der Waals surface area contributed by atoms with Gasteiger partial charge in [0.15, 0.2) is 5.69 Å². The Balaban J connectivity index is 2.53. The number of aryl methyl sites for hydroxylation is 1. The molecule has 1 aromatic carbocycles. The predicted molar refractivity (Wildman–Crippen MR) is 53.4 cm³/mol. The second kappa shape index (κ2) is 3.46. The van der Waals surface area contributed by atoms with Gasteiger partial charge in [-0.2, -0.15) is 0 Å². The van der Waals surface area contributed by atoms with E-state index in [2.05, 4.69) is 4.98 Å². The summed E-state index contributed by atoms with van der Waals surface area (Å²) in [6, 6.07) is 9.81. The average molecular weight is 186 g/mol. The van der Waals surface area contributed by atoms with Gasteiger partial charge in [0.05, 0.1) is 0 Å². The largest absolute Gasteiger partial charge is 0.711 e. The molecule has 2 rings (SSSR count). The molecule has 0 saturated carbocycles. The topological polar surface area (TPSA) is 39.8 Å². The number of rotatable bonds is 1. The van der Waals surface area contributed by atoms with Crippen LogP contribution in [0.5, 0.6) is 0 Å². The maximum Gasteiger partial charge on any atom is 0.289 e. The molecule has 2 aromatic rings. The summed E-state index contributed by atoms with van der Waals surface area (Å²) in [6.45, 7) is 1.88. The van der Waals surface area contributed by atoms with Crippen LogP contribution < -0.4 is 4.73 Å². The lowest BCUT2D eigenvalue weighted by Crippen LogP contribution is -2.26. The first-order valence-electron chi connectivity index (χ1n) is 4.38. The third kappa shape index (κ3) is 1.57. The molecule has 0 N–H and O–H groups in total. The minimum Gasteiger partial charge on any atom is -0.711 e. The van der Waals surface area contributed by atoms with Crippen molar-refractivity contribution in [3.63, 3.8) is 0 Å². The van der Waals surface area contributed by atoms with Crippen LogP contribution in [0.2, 0.25) is 0 Å². The fraction of sp³-hybridized carbons (Fsp3) is 0.0909. The van der Waals surface area contributed by atoms with Crippen LogP contribution in [-0.4, -0.2) is 4.98 Å². The summed E-state index contributed by atoms with van der Waals surface area (Å²) in [5, 5.41) is 10.9. The van der Waals surface area contributed by atoms with Crippen LogP contribution in [0.25, 0.3) is 11.3 Å². The lowest BCUT2D eigenvalue weighted by atomic mass is 10.1. The predicted octanol–water partition coefficient (Wildman–Crippen LogP) is 1.69. The second-order valence-electron chi connectivity index (χ2n) is 3.13. The first-order valence-corrected chi connectivity index (χ1v) is 4.38. The van der Waals surface area contributed by atoms with Crippen molar-refractivity contribution in [3.8, 4) is 11.3 Å². The quantitative estimate of drug-likeness (QED) is 0.502. The summed E-state index contributed by atoms with van der Waals surface area (Å²) in [4.78, 5) is 4.10. The molecule has 0 atom stereocenters. The van der Waals surface area contributed by atoms with E-state index in [4.69, 9.17) is 0 Å². The third-order valence-corrected chi connectivity index (χ3v) is 2.04. The highest BCUT2D eigenvalue weighted by Gasteiger charge is 2.08. The van der Waals surface area contributed by atoms with Gasteiger partial charge in [-0.15, -0.1) is 0 Å². The Kier molecular flexibility index (Phi) is 2.14. The lowest BCUT2D eigenvalue weighted by molar-refractivity contribution is -0.609. The molecule has 1 aromatic heterocycles. The molecule has 0 fully saturated rings. The van der Waals surface area contributed by atoms with E-state index in [-0.39, 0.29) is 0 Å². The Hall–Kier alpha value is -1.90. The number of aromatic nitrogens is 2. The highest BCUT2D eigenvalue weighted by Crippen LogP contribution is 2.18. The first kappa shape index (κ1) is 8.69. The Bertz CT molecular complexity index is 440. The second-order valence-corrected chi connectivity index (χ2v) is 3.13. The zero-order chi connectivity index (χ0) is 9.97. The Labute approximate surface area is 82.3 Å². The molecule has 0 saturated heterocycles. The zero-order valence-corrected chi connectivity index (χ0v) is 7.84. The third-order valence-electron chi connectivity index (χ3n) is 2.04. The van der Waals surface area contributed by atoms with Crippen molar-refractivity contribution in [2.75, 3.05) is 0 Å². The smallest absolute Gasteiger partial charge is 0.289 e. The van der Waals surface area contributed by atoms with Gasteiger partial charge in [-0.1, -0.05) is 30.3 Å². The molecular weight excluding hydrogens is 176 g/mol. The first-order chi connectivity index (χ1) is 6.77. The molecule has 70 valence electrons. The van der Waals surface area contributed by atoms with Gasteiger partial charge in [0.25, 0.3) is 6.33 Å². The van der Waals surface area contributed by atoms with Crippen molar-refractivity contribution in [1.82, 2.24) is 4.98 Å². The molecule has 0 unspecified atom stereocenters. The lowest BCUT2D eigenvalue weighted by Gasteiger charge is -2.02. The fourth-order valence-corrected chi connectivity index (χ4v) is 1.40. The van der Waals surface area contributed by atoms with Gasteiger partial charge in [0.2, 0.25) is 0 Å². The molecule has 0 amide bonds. The van der Waals surface area contributed by atoms with E-state index in [0.29, 0.717) is 4.73 Å². The average Bonchev–Trinajstić information content (AvgIpc) is 2.19. The van der Waals surface area contributed by atoms with Gasteiger partial charge in [-0.3, -0.25) is 0 Å². The van der Waals surface area contributed by atoms with E-state index >= 15 is 0 Å². The van der Waals surface area contributed by atoms with Crippen molar-refractivity contribution in [3.05, 3.63) is 53.6 Å².